The molecule has 4 aromatic rings. The van der Waals surface area contributed by atoms with Crippen LogP contribution >= 0.6 is 11.8 Å². The number of hydrogen-bond acceptors (Lipinski definition) is 6. The van der Waals surface area contributed by atoms with Gasteiger partial charge in [0.1, 0.15) is 0 Å². The third-order valence-electron chi connectivity index (χ3n) is 4.60. The third kappa shape index (κ3) is 3.57. The molecule has 7 heteroatoms. The summed E-state index contributed by atoms with van der Waals surface area (Å²) in [7, 11) is 0. The highest BCUT2D eigenvalue weighted by atomic mass is 32.2. The predicted molar refractivity (Wildman–Crippen MR) is 110 cm³/mol. The zero-order valence-electron chi connectivity index (χ0n) is 16.1. The lowest BCUT2D eigenvalue weighted by molar-refractivity contribution is 0.391. The van der Waals surface area contributed by atoms with Crippen LogP contribution in [0.25, 0.3) is 22.8 Å². The van der Waals surface area contributed by atoms with Crippen LogP contribution in [0, 0.1) is 13.8 Å². The summed E-state index contributed by atoms with van der Waals surface area (Å²) in [5.74, 6) is 2.62. The molecule has 0 saturated carbocycles. The quantitative estimate of drug-likeness (QED) is 0.434. The van der Waals surface area contributed by atoms with Crippen LogP contribution in [0.1, 0.15) is 23.9 Å². The molecule has 6 nitrogen and oxygen atoms in total. The maximum Gasteiger partial charge on any atom is 0.237 e. The van der Waals surface area contributed by atoms with E-state index in [4.69, 9.17) is 4.52 Å². The summed E-state index contributed by atoms with van der Waals surface area (Å²) in [5, 5.41) is 13.8. The van der Waals surface area contributed by atoms with E-state index in [0.717, 1.165) is 34.2 Å². The molecule has 0 spiro atoms. The largest absolute Gasteiger partial charge is 0.338 e. The fraction of sp³-hybridized carbons (Fsp3) is 0.238. The first-order valence-electron chi connectivity index (χ1n) is 9.18. The lowest BCUT2D eigenvalue weighted by Crippen LogP contribution is -2.00. The van der Waals surface area contributed by atoms with Gasteiger partial charge in [-0.05, 0) is 31.9 Å². The number of aryl methyl sites for hydroxylation is 2. The SMILES string of the molecule is CCn1c(SCc2nc(-c3ccccc3C)no2)nnc1-c1ccccc1C. The van der Waals surface area contributed by atoms with Crippen molar-refractivity contribution in [2.75, 3.05) is 0 Å². The van der Waals surface area contributed by atoms with Gasteiger partial charge in [-0.1, -0.05) is 65.4 Å². The van der Waals surface area contributed by atoms with E-state index in [0.29, 0.717) is 17.5 Å². The Hall–Kier alpha value is -2.93. The van der Waals surface area contributed by atoms with E-state index in [2.05, 4.69) is 50.9 Å². The highest BCUT2D eigenvalue weighted by molar-refractivity contribution is 7.98. The van der Waals surface area contributed by atoms with Gasteiger partial charge in [0, 0.05) is 17.7 Å². The Kier molecular flexibility index (Phi) is 5.25. The normalized spacial score (nSPS) is 11.1. The standard InChI is InChI=1S/C21H21N5OS/c1-4-26-20(17-12-8-6-10-15(17)3)23-24-21(26)28-13-18-22-19(25-27-18)16-11-7-5-9-14(16)2/h5-12H,4,13H2,1-3H3. The zero-order valence-corrected chi connectivity index (χ0v) is 16.9. The maximum atomic E-state index is 5.44. The van der Waals surface area contributed by atoms with Crippen LogP contribution in [0.3, 0.4) is 0 Å². The van der Waals surface area contributed by atoms with Crippen LogP contribution in [0.2, 0.25) is 0 Å². The average molecular weight is 392 g/mol. The minimum atomic E-state index is 0.546. The molecule has 0 aliphatic rings. The van der Waals surface area contributed by atoms with Gasteiger partial charge in [-0.2, -0.15) is 4.98 Å². The smallest absolute Gasteiger partial charge is 0.237 e. The van der Waals surface area contributed by atoms with Gasteiger partial charge in [-0.15, -0.1) is 10.2 Å². The van der Waals surface area contributed by atoms with Gasteiger partial charge in [0.25, 0.3) is 0 Å². The third-order valence-corrected chi connectivity index (χ3v) is 5.55. The Morgan fingerprint density at radius 1 is 0.929 bits per heavy atom. The van der Waals surface area contributed by atoms with E-state index in [9.17, 15) is 0 Å². The Labute approximate surface area is 168 Å². The summed E-state index contributed by atoms with van der Waals surface area (Å²) < 4.78 is 7.56. The van der Waals surface area contributed by atoms with Crippen molar-refractivity contribution in [2.24, 2.45) is 0 Å². The van der Waals surface area contributed by atoms with Crippen molar-refractivity contribution in [3.8, 4) is 22.8 Å². The van der Waals surface area contributed by atoms with E-state index in [-0.39, 0.29) is 0 Å². The molecular weight excluding hydrogens is 370 g/mol. The molecule has 0 bridgehead atoms. The minimum Gasteiger partial charge on any atom is -0.338 e. The molecule has 2 aromatic heterocycles. The van der Waals surface area contributed by atoms with Gasteiger partial charge in [-0.3, -0.25) is 0 Å². The summed E-state index contributed by atoms with van der Waals surface area (Å²) >= 11 is 1.55. The Morgan fingerprint density at radius 2 is 1.61 bits per heavy atom. The van der Waals surface area contributed by atoms with Crippen molar-refractivity contribution in [3.63, 3.8) is 0 Å². The molecule has 0 fully saturated rings. The highest BCUT2D eigenvalue weighted by Gasteiger charge is 2.16. The van der Waals surface area contributed by atoms with Crippen molar-refractivity contribution < 1.29 is 4.52 Å². The predicted octanol–water partition coefficient (Wildman–Crippen LogP) is 4.92. The molecule has 0 unspecified atom stereocenters. The van der Waals surface area contributed by atoms with Crippen LogP contribution in [-0.4, -0.2) is 24.9 Å². The van der Waals surface area contributed by atoms with Crippen LogP contribution in [0.4, 0.5) is 0 Å². The Balaban J connectivity index is 1.54. The van der Waals surface area contributed by atoms with E-state index < -0.39 is 0 Å². The van der Waals surface area contributed by atoms with Crippen molar-refractivity contribution in [3.05, 3.63) is 65.5 Å². The van der Waals surface area contributed by atoms with Crippen molar-refractivity contribution in [1.29, 1.82) is 0 Å². The maximum absolute atomic E-state index is 5.44. The van der Waals surface area contributed by atoms with Crippen LogP contribution in [0.15, 0.2) is 58.2 Å². The average Bonchev–Trinajstić information content (AvgIpc) is 3.33. The first-order chi connectivity index (χ1) is 13.7. The van der Waals surface area contributed by atoms with Gasteiger partial charge >= 0.3 is 0 Å². The van der Waals surface area contributed by atoms with Gasteiger partial charge in [0.15, 0.2) is 11.0 Å². The summed E-state index contributed by atoms with van der Waals surface area (Å²) in [5.41, 5.74) is 4.39. The molecule has 0 amide bonds. The lowest BCUT2D eigenvalue weighted by atomic mass is 10.1. The van der Waals surface area contributed by atoms with E-state index in [1.54, 1.807) is 11.8 Å². The molecule has 2 heterocycles. The first kappa shape index (κ1) is 18.4. The van der Waals surface area contributed by atoms with Crippen molar-refractivity contribution in [1.82, 2.24) is 24.9 Å². The minimum absolute atomic E-state index is 0.546. The Bertz CT molecular complexity index is 1100. The summed E-state index contributed by atoms with van der Waals surface area (Å²) in [6.07, 6.45) is 0. The van der Waals surface area contributed by atoms with Gasteiger partial charge in [0.05, 0.1) is 5.75 Å². The van der Waals surface area contributed by atoms with Crippen LogP contribution in [-0.2, 0) is 12.3 Å². The van der Waals surface area contributed by atoms with Crippen molar-refractivity contribution in [2.45, 2.75) is 38.2 Å². The molecule has 0 aliphatic heterocycles. The van der Waals surface area contributed by atoms with Gasteiger partial charge in [0.2, 0.25) is 11.7 Å². The number of thioether (sulfide) groups is 1. The molecule has 28 heavy (non-hydrogen) atoms. The number of aromatic nitrogens is 5. The first-order valence-corrected chi connectivity index (χ1v) is 10.2. The molecule has 0 N–H and O–H groups in total. The number of benzene rings is 2. The second kappa shape index (κ2) is 7.98. The fourth-order valence-electron chi connectivity index (χ4n) is 3.08. The monoisotopic (exact) mass is 391 g/mol. The number of nitrogens with zero attached hydrogens (tertiary/aromatic N) is 5. The molecule has 2 aromatic carbocycles. The topological polar surface area (TPSA) is 69.6 Å². The highest BCUT2D eigenvalue weighted by Crippen LogP contribution is 2.28. The van der Waals surface area contributed by atoms with Crippen LogP contribution in [0.5, 0.6) is 0 Å². The second-order valence-corrected chi connectivity index (χ2v) is 7.42. The lowest BCUT2D eigenvalue weighted by Gasteiger charge is -2.08. The number of hydrogen-bond donors (Lipinski definition) is 0. The molecule has 4 rings (SSSR count). The zero-order chi connectivity index (χ0) is 19.5. The summed E-state index contributed by atoms with van der Waals surface area (Å²) in [6, 6.07) is 16.2. The molecule has 0 atom stereocenters. The Morgan fingerprint density at radius 3 is 2.29 bits per heavy atom. The second-order valence-electron chi connectivity index (χ2n) is 6.48. The van der Waals surface area contributed by atoms with E-state index in [1.165, 1.54) is 5.56 Å². The summed E-state index contributed by atoms with van der Waals surface area (Å²) in [4.78, 5) is 4.53. The van der Waals surface area contributed by atoms with Gasteiger partial charge < -0.3 is 9.09 Å². The molecule has 0 aliphatic carbocycles. The number of rotatable bonds is 6. The van der Waals surface area contributed by atoms with Crippen LogP contribution < -0.4 is 0 Å². The summed E-state index contributed by atoms with van der Waals surface area (Å²) in [6.45, 7) is 7.01. The van der Waals surface area contributed by atoms with Crippen molar-refractivity contribution >= 4 is 11.8 Å². The van der Waals surface area contributed by atoms with E-state index in [1.807, 2.05) is 43.3 Å². The molecule has 0 saturated heterocycles. The fourth-order valence-corrected chi connectivity index (χ4v) is 3.92. The molecule has 142 valence electrons. The molecule has 0 radical (unpaired) electrons. The molecular formula is C21H21N5OS. The van der Waals surface area contributed by atoms with E-state index >= 15 is 0 Å². The van der Waals surface area contributed by atoms with Gasteiger partial charge in [-0.25, -0.2) is 0 Å².